The Balaban J connectivity index is 1.55. The number of nitrogens with one attached hydrogen (secondary N) is 2. The first-order valence-electron chi connectivity index (χ1n) is 9.64. The number of aryl methyl sites for hydroxylation is 3. The van der Waals surface area contributed by atoms with E-state index < -0.39 is 0 Å². The zero-order chi connectivity index (χ0) is 19.8. The Morgan fingerprint density at radius 2 is 1.96 bits per heavy atom. The Morgan fingerprint density at radius 1 is 1.14 bits per heavy atom. The van der Waals surface area contributed by atoms with Crippen molar-refractivity contribution in [3.05, 3.63) is 74.6 Å². The second-order valence-electron chi connectivity index (χ2n) is 7.79. The molecular formula is C23H25N3O2. The van der Waals surface area contributed by atoms with E-state index in [1.165, 1.54) is 0 Å². The molecule has 5 nitrogen and oxygen atoms in total. The lowest BCUT2D eigenvalue weighted by Gasteiger charge is -2.28. The van der Waals surface area contributed by atoms with Crippen LogP contribution in [0.5, 0.6) is 0 Å². The largest absolute Gasteiger partial charge is 0.358 e. The summed E-state index contributed by atoms with van der Waals surface area (Å²) in [5.74, 6) is -0.0574. The molecule has 0 fully saturated rings. The van der Waals surface area contributed by atoms with Crippen LogP contribution in [0.25, 0.3) is 10.9 Å². The lowest BCUT2D eigenvalue weighted by atomic mass is 9.99. The van der Waals surface area contributed by atoms with Crippen molar-refractivity contribution < 1.29 is 4.79 Å². The fourth-order valence-corrected chi connectivity index (χ4v) is 4.05. The number of benzene rings is 2. The summed E-state index contributed by atoms with van der Waals surface area (Å²) in [6.45, 7) is 7.56. The summed E-state index contributed by atoms with van der Waals surface area (Å²) in [5.41, 5.74) is 6.88. The van der Waals surface area contributed by atoms with Gasteiger partial charge in [-0.15, -0.1) is 0 Å². The third kappa shape index (κ3) is 3.58. The molecule has 144 valence electrons. The van der Waals surface area contributed by atoms with E-state index >= 15 is 0 Å². The van der Waals surface area contributed by atoms with E-state index in [1.807, 2.05) is 56.0 Å². The number of anilines is 1. The highest BCUT2D eigenvalue weighted by Gasteiger charge is 2.23. The number of fused-ring (bicyclic) bond motifs is 2. The first-order valence-corrected chi connectivity index (χ1v) is 9.64. The maximum Gasteiger partial charge on any atom is 0.238 e. The van der Waals surface area contributed by atoms with Gasteiger partial charge in [0.15, 0.2) is 5.43 Å². The quantitative estimate of drug-likeness (QED) is 0.737. The van der Waals surface area contributed by atoms with Gasteiger partial charge in [0.05, 0.1) is 12.1 Å². The van der Waals surface area contributed by atoms with Gasteiger partial charge < -0.3 is 10.3 Å². The highest BCUT2D eigenvalue weighted by Crippen LogP contribution is 2.21. The van der Waals surface area contributed by atoms with E-state index in [2.05, 4.69) is 16.4 Å². The fourth-order valence-electron chi connectivity index (χ4n) is 4.05. The molecule has 2 N–H and O–H groups in total. The Morgan fingerprint density at radius 3 is 2.75 bits per heavy atom. The van der Waals surface area contributed by atoms with Crippen molar-refractivity contribution in [2.45, 2.75) is 33.7 Å². The molecule has 5 heteroatoms. The van der Waals surface area contributed by atoms with Gasteiger partial charge >= 0.3 is 0 Å². The maximum atomic E-state index is 13.1. The fraction of sp³-hybridized carbons (Fsp3) is 0.304. The predicted octanol–water partition coefficient (Wildman–Crippen LogP) is 3.45. The van der Waals surface area contributed by atoms with Gasteiger partial charge in [-0.2, -0.15) is 0 Å². The first kappa shape index (κ1) is 18.4. The lowest BCUT2D eigenvalue weighted by Crippen LogP contribution is -2.39. The van der Waals surface area contributed by atoms with Crippen LogP contribution in [0.15, 0.2) is 41.2 Å². The zero-order valence-electron chi connectivity index (χ0n) is 16.6. The minimum atomic E-state index is -0.0574. The van der Waals surface area contributed by atoms with Crippen LogP contribution < -0.4 is 10.7 Å². The number of hydrogen-bond donors (Lipinski definition) is 2. The van der Waals surface area contributed by atoms with Crippen molar-refractivity contribution in [1.29, 1.82) is 0 Å². The molecular weight excluding hydrogens is 350 g/mol. The summed E-state index contributed by atoms with van der Waals surface area (Å²) >= 11 is 0. The van der Waals surface area contributed by atoms with Crippen LogP contribution in [-0.2, 0) is 17.8 Å². The summed E-state index contributed by atoms with van der Waals surface area (Å²) in [5, 5.41) is 3.68. The molecule has 0 radical (unpaired) electrons. The molecule has 0 atom stereocenters. The minimum absolute atomic E-state index is 0.0574. The topological polar surface area (TPSA) is 65.2 Å². The van der Waals surface area contributed by atoms with Crippen LogP contribution in [0.1, 0.15) is 27.9 Å². The number of rotatable bonds is 3. The monoisotopic (exact) mass is 375 g/mol. The average Bonchev–Trinajstić information content (AvgIpc) is 2.63. The number of nitrogens with zero attached hydrogens (tertiary/aromatic N) is 1. The average molecular weight is 375 g/mol. The zero-order valence-corrected chi connectivity index (χ0v) is 16.6. The molecule has 0 bridgehead atoms. The molecule has 3 aromatic rings. The van der Waals surface area contributed by atoms with Crippen molar-refractivity contribution in [2.24, 2.45) is 0 Å². The molecule has 2 aromatic carbocycles. The van der Waals surface area contributed by atoms with Crippen molar-refractivity contribution in [2.75, 3.05) is 18.4 Å². The van der Waals surface area contributed by atoms with Gasteiger partial charge in [0.25, 0.3) is 0 Å². The van der Waals surface area contributed by atoms with E-state index in [4.69, 9.17) is 0 Å². The second kappa shape index (κ2) is 7.24. The molecule has 0 unspecified atom stereocenters. The van der Waals surface area contributed by atoms with Crippen molar-refractivity contribution in [3.63, 3.8) is 0 Å². The molecule has 28 heavy (non-hydrogen) atoms. The Bertz CT molecular complexity index is 1130. The van der Waals surface area contributed by atoms with Gasteiger partial charge in [-0.05, 0) is 55.7 Å². The molecule has 1 aliphatic rings. The van der Waals surface area contributed by atoms with Crippen molar-refractivity contribution >= 4 is 22.5 Å². The predicted molar refractivity (Wildman–Crippen MR) is 113 cm³/mol. The van der Waals surface area contributed by atoms with Crippen molar-refractivity contribution in [3.8, 4) is 0 Å². The molecule has 2 heterocycles. The maximum absolute atomic E-state index is 13.1. The molecule has 0 aliphatic carbocycles. The van der Waals surface area contributed by atoms with Crippen LogP contribution in [0, 0.1) is 20.8 Å². The summed E-state index contributed by atoms with van der Waals surface area (Å²) in [6, 6.07) is 11.8. The molecule has 1 aromatic heterocycles. The standard InChI is InChI=1S/C23H25N3O2/c1-14-5-4-6-17(10-14)24-21(27)13-26-8-7-20-19(12-26)23(28)18-11-15(2)9-16(3)22(18)25-20/h4-6,9-11H,7-8,12-13H2,1-3H3,(H,24,27)(H,25,28). The molecule has 4 rings (SSSR count). The minimum Gasteiger partial charge on any atom is -0.358 e. The number of aromatic nitrogens is 1. The first-order chi connectivity index (χ1) is 13.4. The van der Waals surface area contributed by atoms with Gasteiger partial charge in [-0.25, -0.2) is 0 Å². The highest BCUT2D eigenvalue weighted by molar-refractivity contribution is 5.92. The van der Waals surface area contributed by atoms with Gasteiger partial charge in [-0.1, -0.05) is 18.2 Å². The van der Waals surface area contributed by atoms with Gasteiger partial charge in [-0.3, -0.25) is 14.5 Å². The number of amides is 1. The third-order valence-electron chi connectivity index (χ3n) is 5.37. The van der Waals surface area contributed by atoms with Crippen LogP contribution >= 0.6 is 0 Å². The van der Waals surface area contributed by atoms with Crippen molar-refractivity contribution in [1.82, 2.24) is 9.88 Å². The van der Waals surface area contributed by atoms with Crippen LogP contribution in [0.4, 0.5) is 5.69 Å². The van der Waals surface area contributed by atoms with Gasteiger partial charge in [0, 0.05) is 41.8 Å². The molecule has 0 saturated carbocycles. The van der Waals surface area contributed by atoms with E-state index in [1.54, 1.807) is 0 Å². The van der Waals surface area contributed by atoms with Gasteiger partial charge in [0.1, 0.15) is 0 Å². The number of pyridine rings is 1. The number of carbonyl (C=O) groups excluding carboxylic acids is 1. The Labute approximate surface area is 164 Å². The Kier molecular flexibility index (Phi) is 4.77. The van der Waals surface area contributed by atoms with E-state index in [-0.39, 0.29) is 17.9 Å². The number of aromatic amines is 1. The second-order valence-corrected chi connectivity index (χ2v) is 7.79. The van der Waals surface area contributed by atoms with Crippen LogP contribution in [-0.4, -0.2) is 28.9 Å². The van der Waals surface area contributed by atoms with Crippen LogP contribution in [0.3, 0.4) is 0 Å². The van der Waals surface area contributed by atoms with E-state index in [9.17, 15) is 9.59 Å². The molecule has 0 spiro atoms. The number of H-pyrrole nitrogens is 1. The number of hydrogen-bond acceptors (Lipinski definition) is 3. The molecule has 1 amide bonds. The van der Waals surface area contributed by atoms with E-state index in [0.717, 1.165) is 57.5 Å². The smallest absolute Gasteiger partial charge is 0.238 e. The summed E-state index contributed by atoms with van der Waals surface area (Å²) in [7, 11) is 0. The van der Waals surface area contributed by atoms with Crippen LogP contribution in [0.2, 0.25) is 0 Å². The molecule has 1 aliphatic heterocycles. The van der Waals surface area contributed by atoms with E-state index in [0.29, 0.717) is 6.54 Å². The summed E-state index contributed by atoms with van der Waals surface area (Å²) in [4.78, 5) is 31.1. The highest BCUT2D eigenvalue weighted by atomic mass is 16.2. The number of carbonyl (C=O) groups is 1. The normalized spacial score (nSPS) is 14.1. The summed E-state index contributed by atoms with van der Waals surface area (Å²) < 4.78 is 0. The molecule has 0 saturated heterocycles. The lowest BCUT2D eigenvalue weighted by molar-refractivity contribution is -0.117. The third-order valence-corrected chi connectivity index (χ3v) is 5.37. The Hall–Kier alpha value is -2.92. The van der Waals surface area contributed by atoms with Gasteiger partial charge in [0.2, 0.25) is 5.91 Å². The summed E-state index contributed by atoms with van der Waals surface area (Å²) in [6.07, 6.45) is 0.742. The SMILES string of the molecule is Cc1cccc(NC(=O)CN2CCc3[nH]c4c(C)cc(C)cc4c(=O)c3C2)c1.